The summed E-state index contributed by atoms with van der Waals surface area (Å²) < 4.78 is 11.0. The van der Waals surface area contributed by atoms with Gasteiger partial charge >= 0.3 is 0 Å². The minimum Gasteiger partial charge on any atom is -0.454 e. The summed E-state index contributed by atoms with van der Waals surface area (Å²) in [5, 5.41) is 2.44. The SMILES string of the molecule is CCCCC(Cc1ccc2c(c1)OCO2)CC(CCC)N1CC=C(C)N1. The molecule has 0 amide bonds. The monoisotopic (exact) mass is 358 g/mol. The normalized spacial score (nSPS) is 18.5. The van der Waals surface area contributed by atoms with E-state index in [1.165, 1.54) is 49.8 Å². The summed E-state index contributed by atoms with van der Waals surface area (Å²) in [6.07, 6.45) is 11.0. The molecule has 0 aliphatic carbocycles. The van der Waals surface area contributed by atoms with Gasteiger partial charge < -0.3 is 14.9 Å². The zero-order valence-electron chi connectivity index (χ0n) is 16.6. The van der Waals surface area contributed by atoms with Gasteiger partial charge in [-0.05, 0) is 55.9 Å². The predicted octanol–water partition coefficient (Wildman–Crippen LogP) is 5.05. The van der Waals surface area contributed by atoms with E-state index in [-0.39, 0.29) is 0 Å². The van der Waals surface area contributed by atoms with Gasteiger partial charge in [0.05, 0.1) is 0 Å². The summed E-state index contributed by atoms with van der Waals surface area (Å²) in [6.45, 7) is 8.12. The summed E-state index contributed by atoms with van der Waals surface area (Å²) in [5.74, 6) is 2.49. The Hall–Kier alpha value is -1.68. The van der Waals surface area contributed by atoms with Gasteiger partial charge in [-0.15, -0.1) is 0 Å². The maximum Gasteiger partial charge on any atom is 0.231 e. The number of fused-ring (bicyclic) bond motifs is 1. The number of allylic oxidation sites excluding steroid dienone is 1. The largest absolute Gasteiger partial charge is 0.454 e. The Kier molecular flexibility index (Phi) is 6.84. The van der Waals surface area contributed by atoms with Crippen molar-refractivity contribution < 1.29 is 9.47 Å². The molecule has 0 radical (unpaired) electrons. The van der Waals surface area contributed by atoms with Gasteiger partial charge in [0.2, 0.25) is 6.79 Å². The van der Waals surface area contributed by atoms with Crippen molar-refractivity contribution in [2.75, 3.05) is 13.3 Å². The molecule has 2 heterocycles. The summed E-state index contributed by atoms with van der Waals surface area (Å²) >= 11 is 0. The molecule has 0 fully saturated rings. The molecule has 26 heavy (non-hydrogen) atoms. The Balaban J connectivity index is 1.65. The highest BCUT2D eigenvalue weighted by Crippen LogP contribution is 2.34. The molecule has 1 aromatic carbocycles. The van der Waals surface area contributed by atoms with E-state index in [9.17, 15) is 0 Å². The smallest absolute Gasteiger partial charge is 0.231 e. The highest BCUT2D eigenvalue weighted by molar-refractivity contribution is 5.44. The maximum atomic E-state index is 5.57. The van der Waals surface area contributed by atoms with Crippen LogP contribution in [-0.4, -0.2) is 24.4 Å². The van der Waals surface area contributed by atoms with Crippen LogP contribution in [0.15, 0.2) is 30.0 Å². The molecule has 0 bridgehead atoms. The standard InChI is InChI=1S/C22H34N2O2/c1-4-6-8-18(13-19-9-10-21-22(15-19)26-16-25-21)14-20(7-5-2)24-12-11-17(3)23-24/h9-11,15,18,20,23H,4-8,12-14,16H2,1-3H3. The highest BCUT2D eigenvalue weighted by Gasteiger charge is 2.24. The van der Waals surface area contributed by atoms with Crippen molar-refractivity contribution in [2.24, 2.45) is 5.92 Å². The first-order valence-electron chi connectivity index (χ1n) is 10.3. The van der Waals surface area contributed by atoms with Crippen molar-refractivity contribution in [3.8, 4) is 11.5 Å². The minimum absolute atomic E-state index is 0.351. The second-order valence-corrected chi connectivity index (χ2v) is 7.73. The first-order valence-corrected chi connectivity index (χ1v) is 10.3. The van der Waals surface area contributed by atoms with Crippen LogP contribution in [0.25, 0.3) is 0 Å². The van der Waals surface area contributed by atoms with E-state index in [1.54, 1.807) is 0 Å². The number of nitrogens with one attached hydrogen (secondary N) is 1. The van der Waals surface area contributed by atoms with Gasteiger partial charge in [-0.3, -0.25) is 0 Å². The number of hydrogen-bond acceptors (Lipinski definition) is 4. The lowest BCUT2D eigenvalue weighted by Crippen LogP contribution is -2.42. The Morgan fingerprint density at radius 1 is 1.12 bits per heavy atom. The van der Waals surface area contributed by atoms with Crippen LogP contribution in [-0.2, 0) is 6.42 Å². The van der Waals surface area contributed by atoms with Crippen molar-refractivity contribution in [3.63, 3.8) is 0 Å². The molecule has 2 atom stereocenters. The molecule has 0 aromatic heterocycles. The third kappa shape index (κ3) is 4.94. The molecule has 2 aliphatic heterocycles. The number of benzene rings is 1. The van der Waals surface area contributed by atoms with Crippen molar-refractivity contribution in [3.05, 3.63) is 35.5 Å². The van der Waals surface area contributed by atoms with E-state index >= 15 is 0 Å². The van der Waals surface area contributed by atoms with E-state index in [0.29, 0.717) is 18.8 Å². The van der Waals surface area contributed by atoms with Crippen LogP contribution in [0.5, 0.6) is 11.5 Å². The highest BCUT2D eigenvalue weighted by atomic mass is 16.7. The molecule has 2 unspecified atom stereocenters. The van der Waals surface area contributed by atoms with Gasteiger partial charge in [0.1, 0.15) is 0 Å². The first-order chi connectivity index (χ1) is 12.7. The Morgan fingerprint density at radius 3 is 2.69 bits per heavy atom. The number of unbranched alkanes of at least 4 members (excludes halogenated alkanes) is 1. The number of nitrogens with zero attached hydrogens (tertiary/aromatic N) is 1. The zero-order valence-corrected chi connectivity index (χ0v) is 16.6. The van der Waals surface area contributed by atoms with E-state index in [2.05, 4.69) is 55.5 Å². The molecule has 2 aliphatic rings. The average molecular weight is 359 g/mol. The molecule has 4 heteroatoms. The lowest BCUT2D eigenvalue weighted by molar-refractivity contribution is 0.139. The van der Waals surface area contributed by atoms with Gasteiger partial charge in [-0.2, -0.15) is 0 Å². The fourth-order valence-electron chi connectivity index (χ4n) is 4.11. The van der Waals surface area contributed by atoms with Gasteiger partial charge in [0.15, 0.2) is 11.5 Å². The molecular formula is C22H34N2O2. The van der Waals surface area contributed by atoms with E-state index in [1.807, 2.05) is 0 Å². The molecule has 144 valence electrons. The number of ether oxygens (including phenoxy) is 2. The van der Waals surface area contributed by atoms with Crippen LogP contribution in [0.3, 0.4) is 0 Å². The third-order valence-corrected chi connectivity index (χ3v) is 5.51. The minimum atomic E-state index is 0.351. The Morgan fingerprint density at radius 2 is 1.96 bits per heavy atom. The van der Waals surface area contributed by atoms with Crippen molar-refractivity contribution in [2.45, 2.75) is 71.8 Å². The van der Waals surface area contributed by atoms with Crippen LogP contribution in [0, 0.1) is 5.92 Å². The Bertz CT molecular complexity index is 614. The second kappa shape index (κ2) is 9.31. The van der Waals surface area contributed by atoms with Crippen LogP contribution in [0.1, 0.15) is 64.9 Å². The summed E-state index contributed by atoms with van der Waals surface area (Å²) in [6, 6.07) is 7.05. The van der Waals surface area contributed by atoms with Gasteiger partial charge in [0, 0.05) is 18.3 Å². The fourth-order valence-corrected chi connectivity index (χ4v) is 4.11. The third-order valence-electron chi connectivity index (χ3n) is 5.51. The Labute approximate surface area is 158 Å². The van der Waals surface area contributed by atoms with Crippen LogP contribution < -0.4 is 14.9 Å². The average Bonchev–Trinajstić information content (AvgIpc) is 3.27. The van der Waals surface area contributed by atoms with E-state index < -0.39 is 0 Å². The molecule has 1 N–H and O–H groups in total. The van der Waals surface area contributed by atoms with E-state index in [0.717, 1.165) is 24.5 Å². The van der Waals surface area contributed by atoms with Crippen LogP contribution in [0.2, 0.25) is 0 Å². The molecule has 3 rings (SSSR count). The maximum absolute atomic E-state index is 5.57. The fraction of sp³-hybridized carbons (Fsp3) is 0.636. The summed E-state index contributed by atoms with van der Waals surface area (Å²) in [5.41, 5.74) is 6.21. The lowest BCUT2D eigenvalue weighted by Gasteiger charge is -2.31. The number of hydrogen-bond donors (Lipinski definition) is 1. The first kappa shape index (κ1) is 19.1. The van der Waals surface area contributed by atoms with Crippen molar-refractivity contribution >= 4 is 0 Å². The molecule has 0 saturated heterocycles. The zero-order chi connectivity index (χ0) is 18.4. The van der Waals surface area contributed by atoms with E-state index in [4.69, 9.17) is 9.47 Å². The predicted molar refractivity (Wildman–Crippen MR) is 106 cm³/mol. The number of rotatable bonds is 10. The number of hydrazine groups is 1. The van der Waals surface area contributed by atoms with Crippen LogP contribution >= 0.6 is 0 Å². The molecule has 0 saturated carbocycles. The van der Waals surface area contributed by atoms with Gasteiger partial charge in [0.25, 0.3) is 0 Å². The van der Waals surface area contributed by atoms with Crippen molar-refractivity contribution in [1.82, 2.24) is 10.4 Å². The van der Waals surface area contributed by atoms with Gasteiger partial charge in [-0.1, -0.05) is 45.6 Å². The quantitative estimate of drug-likeness (QED) is 0.635. The summed E-state index contributed by atoms with van der Waals surface area (Å²) in [4.78, 5) is 0. The molecule has 4 nitrogen and oxygen atoms in total. The molecular weight excluding hydrogens is 324 g/mol. The van der Waals surface area contributed by atoms with Crippen LogP contribution in [0.4, 0.5) is 0 Å². The lowest BCUT2D eigenvalue weighted by atomic mass is 9.87. The summed E-state index contributed by atoms with van der Waals surface area (Å²) in [7, 11) is 0. The topological polar surface area (TPSA) is 33.7 Å². The molecule has 1 aromatic rings. The second-order valence-electron chi connectivity index (χ2n) is 7.73. The molecule has 0 spiro atoms. The van der Waals surface area contributed by atoms with Crippen molar-refractivity contribution in [1.29, 1.82) is 0 Å². The van der Waals surface area contributed by atoms with Gasteiger partial charge in [-0.25, -0.2) is 5.01 Å².